The molecule has 0 aromatic heterocycles. The Bertz CT molecular complexity index is 568. The molecule has 112 valence electrons. The molecule has 0 radical (unpaired) electrons. The number of benzene rings is 1. The topological polar surface area (TPSA) is 73.9 Å². The summed E-state index contributed by atoms with van der Waals surface area (Å²) in [6, 6.07) is 4.80. The fraction of sp³-hybridized carbons (Fsp3) is 0.231. The summed E-state index contributed by atoms with van der Waals surface area (Å²) >= 11 is 11.8. The first-order chi connectivity index (χ1) is 10.1. The highest BCUT2D eigenvalue weighted by atomic mass is 35.5. The van der Waals surface area contributed by atoms with Crippen LogP contribution in [0.2, 0.25) is 10.0 Å². The van der Waals surface area contributed by atoms with Gasteiger partial charge in [-0.05, 0) is 12.1 Å². The van der Waals surface area contributed by atoms with Gasteiger partial charge in [0.2, 0.25) is 5.76 Å². The fourth-order valence-corrected chi connectivity index (χ4v) is 1.96. The van der Waals surface area contributed by atoms with Gasteiger partial charge in [0.1, 0.15) is 19.5 Å². The zero-order chi connectivity index (χ0) is 15.2. The minimum atomic E-state index is -0.782. The average molecular weight is 332 g/mol. The van der Waals surface area contributed by atoms with Crippen LogP contribution in [-0.4, -0.2) is 31.7 Å². The van der Waals surface area contributed by atoms with Crippen LogP contribution in [-0.2, 0) is 23.8 Å². The molecule has 1 N–H and O–H groups in total. The summed E-state index contributed by atoms with van der Waals surface area (Å²) < 4.78 is 14.7. The van der Waals surface area contributed by atoms with E-state index in [0.717, 1.165) is 6.26 Å². The molecule has 0 saturated carbocycles. The number of ether oxygens (including phenoxy) is 3. The molecule has 1 aliphatic rings. The summed E-state index contributed by atoms with van der Waals surface area (Å²) in [6.07, 6.45) is 1.15. The quantitative estimate of drug-likeness (QED) is 0.857. The lowest BCUT2D eigenvalue weighted by Gasteiger charge is -2.14. The molecule has 0 unspecified atom stereocenters. The molecule has 0 bridgehead atoms. The number of halogens is 2. The molecule has 1 amide bonds. The molecule has 0 spiro atoms. The highest BCUT2D eigenvalue weighted by Gasteiger charge is 2.18. The van der Waals surface area contributed by atoms with E-state index in [0.29, 0.717) is 6.61 Å². The summed E-state index contributed by atoms with van der Waals surface area (Å²) in [5, 5.41) is 3.04. The van der Waals surface area contributed by atoms with Crippen molar-refractivity contribution in [1.29, 1.82) is 0 Å². The van der Waals surface area contributed by atoms with E-state index < -0.39 is 18.5 Å². The molecule has 0 aliphatic carbocycles. The van der Waals surface area contributed by atoms with Crippen molar-refractivity contribution in [3.05, 3.63) is 40.3 Å². The summed E-state index contributed by atoms with van der Waals surface area (Å²) in [6.45, 7) is 0.117. The monoisotopic (exact) mass is 331 g/mol. The molecular formula is C13H11Cl2NO5. The molecule has 8 heteroatoms. The maximum absolute atomic E-state index is 11.7. The van der Waals surface area contributed by atoms with Gasteiger partial charge in [0.15, 0.2) is 6.61 Å². The van der Waals surface area contributed by atoms with Crippen molar-refractivity contribution < 1.29 is 23.8 Å². The van der Waals surface area contributed by atoms with Crippen LogP contribution in [0, 0.1) is 0 Å². The van der Waals surface area contributed by atoms with Crippen molar-refractivity contribution in [2.75, 3.05) is 25.1 Å². The number of esters is 1. The van der Waals surface area contributed by atoms with E-state index >= 15 is 0 Å². The van der Waals surface area contributed by atoms with Crippen LogP contribution in [0.15, 0.2) is 30.2 Å². The lowest BCUT2D eigenvalue weighted by Crippen LogP contribution is -2.24. The number of carbonyl (C=O) groups is 2. The van der Waals surface area contributed by atoms with Gasteiger partial charge in [0, 0.05) is 0 Å². The second-order valence-electron chi connectivity index (χ2n) is 3.92. The zero-order valence-electron chi connectivity index (χ0n) is 10.7. The average Bonchev–Trinajstić information content (AvgIpc) is 2.49. The highest BCUT2D eigenvalue weighted by molar-refractivity contribution is 6.39. The molecule has 1 aromatic carbocycles. The van der Waals surface area contributed by atoms with Gasteiger partial charge in [-0.2, -0.15) is 0 Å². The van der Waals surface area contributed by atoms with Gasteiger partial charge >= 0.3 is 5.97 Å². The lowest BCUT2D eigenvalue weighted by atomic mass is 10.3. The van der Waals surface area contributed by atoms with Crippen LogP contribution in [0.25, 0.3) is 0 Å². The third-order valence-corrected chi connectivity index (χ3v) is 3.04. The molecule has 1 aliphatic heterocycles. The predicted molar refractivity (Wildman–Crippen MR) is 76.0 cm³/mol. The molecule has 21 heavy (non-hydrogen) atoms. The van der Waals surface area contributed by atoms with Crippen LogP contribution in [0.3, 0.4) is 0 Å². The lowest BCUT2D eigenvalue weighted by molar-refractivity contribution is -0.148. The van der Waals surface area contributed by atoms with Gasteiger partial charge in [0.25, 0.3) is 5.91 Å². The zero-order valence-corrected chi connectivity index (χ0v) is 12.2. The van der Waals surface area contributed by atoms with Crippen molar-refractivity contribution in [1.82, 2.24) is 0 Å². The van der Waals surface area contributed by atoms with Gasteiger partial charge in [-0.1, -0.05) is 29.3 Å². The number of anilines is 1. The third kappa shape index (κ3) is 4.27. The first kappa shape index (κ1) is 15.5. The van der Waals surface area contributed by atoms with Gasteiger partial charge in [-0.15, -0.1) is 0 Å². The van der Waals surface area contributed by atoms with Crippen molar-refractivity contribution in [2.45, 2.75) is 0 Å². The van der Waals surface area contributed by atoms with E-state index in [2.05, 4.69) is 5.32 Å². The second-order valence-corrected chi connectivity index (χ2v) is 4.74. The fourth-order valence-electron chi connectivity index (χ4n) is 1.47. The van der Waals surface area contributed by atoms with Crippen LogP contribution in [0.4, 0.5) is 5.69 Å². The van der Waals surface area contributed by atoms with E-state index in [4.69, 9.17) is 37.4 Å². The number of hydrogen-bond acceptors (Lipinski definition) is 5. The number of amides is 1. The van der Waals surface area contributed by atoms with Gasteiger partial charge in [-0.25, -0.2) is 4.79 Å². The minimum Gasteiger partial charge on any atom is -0.493 e. The van der Waals surface area contributed by atoms with Crippen LogP contribution in [0.1, 0.15) is 0 Å². The van der Waals surface area contributed by atoms with Crippen molar-refractivity contribution >= 4 is 40.8 Å². The first-order valence-electron chi connectivity index (χ1n) is 5.93. The van der Waals surface area contributed by atoms with E-state index in [1.165, 1.54) is 0 Å². The number of para-hydroxylation sites is 1. The third-order valence-electron chi connectivity index (χ3n) is 2.41. The Labute approximate surface area is 130 Å². The molecule has 2 rings (SSSR count). The smallest absolute Gasteiger partial charge is 0.377 e. The Morgan fingerprint density at radius 1 is 1.24 bits per heavy atom. The van der Waals surface area contributed by atoms with E-state index in [1.54, 1.807) is 18.2 Å². The summed E-state index contributed by atoms with van der Waals surface area (Å²) in [5.74, 6) is -1.43. The summed E-state index contributed by atoms with van der Waals surface area (Å²) in [5.41, 5.74) is 0.262. The Hall–Kier alpha value is -1.92. The molecule has 0 fully saturated rings. The highest BCUT2D eigenvalue weighted by Crippen LogP contribution is 2.29. The second kappa shape index (κ2) is 7.19. The Kier molecular flexibility index (Phi) is 5.30. The number of rotatable bonds is 4. The molecule has 0 atom stereocenters. The maximum Gasteiger partial charge on any atom is 0.377 e. The summed E-state index contributed by atoms with van der Waals surface area (Å²) in [4.78, 5) is 23.3. The molecule has 6 nitrogen and oxygen atoms in total. The van der Waals surface area contributed by atoms with E-state index in [9.17, 15) is 9.59 Å². The largest absolute Gasteiger partial charge is 0.493 e. The molecule has 1 heterocycles. The molecule has 1 aromatic rings. The Balaban J connectivity index is 1.88. The summed E-state index contributed by atoms with van der Waals surface area (Å²) in [7, 11) is 0. The maximum atomic E-state index is 11.7. The van der Waals surface area contributed by atoms with Crippen LogP contribution >= 0.6 is 23.2 Å². The number of hydrogen-bond donors (Lipinski definition) is 1. The van der Waals surface area contributed by atoms with Gasteiger partial charge in [-0.3, -0.25) is 4.79 Å². The first-order valence-corrected chi connectivity index (χ1v) is 6.69. The normalized spacial score (nSPS) is 13.5. The van der Waals surface area contributed by atoms with Crippen molar-refractivity contribution in [3.8, 4) is 0 Å². The van der Waals surface area contributed by atoms with Gasteiger partial charge in [0.05, 0.1) is 15.7 Å². The minimum absolute atomic E-state index is 0.0789. The van der Waals surface area contributed by atoms with Crippen molar-refractivity contribution in [2.24, 2.45) is 0 Å². The van der Waals surface area contributed by atoms with E-state index in [1.807, 2.05) is 0 Å². The predicted octanol–water partition coefficient (Wildman–Crippen LogP) is 2.36. The van der Waals surface area contributed by atoms with Crippen molar-refractivity contribution in [3.63, 3.8) is 0 Å². The van der Waals surface area contributed by atoms with E-state index in [-0.39, 0.29) is 28.1 Å². The Morgan fingerprint density at radius 2 is 1.95 bits per heavy atom. The standard InChI is InChI=1S/C13H11Cl2NO5/c14-8-2-1-3-9(15)12(8)16-11(17)7-21-13(18)10-6-19-4-5-20-10/h1-3,6H,4-5,7H2,(H,16,17). The number of nitrogens with one attached hydrogen (secondary N) is 1. The Morgan fingerprint density at radius 3 is 2.57 bits per heavy atom. The SMILES string of the molecule is O=C(COC(=O)C1=COCCO1)Nc1c(Cl)cccc1Cl. The molecule has 0 saturated heterocycles. The van der Waals surface area contributed by atoms with Gasteiger partial charge < -0.3 is 19.5 Å². The van der Waals surface area contributed by atoms with Crippen LogP contribution in [0.5, 0.6) is 0 Å². The number of carbonyl (C=O) groups excluding carboxylic acids is 2. The van der Waals surface area contributed by atoms with Crippen LogP contribution < -0.4 is 5.32 Å². The molecular weight excluding hydrogens is 321 g/mol.